The Bertz CT molecular complexity index is 3080. The van der Waals surface area contributed by atoms with E-state index < -0.39 is 77.9 Å². The van der Waals surface area contributed by atoms with Crippen LogP contribution >= 0.6 is 15.9 Å². The molecule has 75 heavy (non-hydrogen) atoms. The van der Waals surface area contributed by atoms with Gasteiger partial charge in [-0.15, -0.1) is 10.2 Å². The molecular weight excluding hydrogens is 1070 g/mol. The fraction of sp³-hybridized carbons (Fsp3) is 0.286. The lowest BCUT2D eigenvalue weighted by Crippen LogP contribution is -2.47. The third kappa shape index (κ3) is 12.4. The van der Waals surface area contributed by atoms with Crippen LogP contribution in [0.4, 0.5) is 50.9 Å². The summed E-state index contributed by atoms with van der Waals surface area (Å²) in [6, 6.07) is 24.3. The summed E-state index contributed by atoms with van der Waals surface area (Å²) in [5, 5.41) is 52.9. The molecule has 8 aromatic rings. The van der Waals surface area contributed by atoms with Gasteiger partial charge in [0.1, 0.15) is 41.8 Å². The molecule has 0 saturated carbocycles. The smallest absolute Gasteiger partial charge is 0.386 e. The summed E-state index contributed by atoms with van der Waals surface area (Å²) in [6.45, 7) is 1.10. The van der Waals surface area contributed by atoms with Gasteiger partial charge >= 0.3 is 18.0 Å². The number of alkyl halides is 7. The zero-order chi connectivity index (χ0) is 52.9. The highest BCUT2D eigenvalue weighted by atomic mass is 79.9. The molecule has 394 valence electrons. The minimum atomic E-state index is -4.49. The number of aliphatic hydroxyl groups is 3. The van der Waals surface area contributed by atoms with Crippen LogP contribution in [0, 0.1) is 11.6 Å². The second-order valence-corrected chi connectivity index (χ2v) is 17.9. The van der Waals surface area contributed by atoms with E-state index >= 15 is 17.6 Å². The van der Waals surface area contributed by atoms with E-state index in [-0.39, 0.29) is 24.2 Å². The fourth-order valence-electron chi connectivity index (χ4n) is 8.14. The number of anilines is 2. The van der Waals surface area contributed by atoms with Gasteiger partial charge in [-0.25, -0.2) is 18.1 Å². The van der Waals surface area contributed by atoms with Crippen molar-refractivity contribution in [3.05, 3.63) is 185 Å². The van der Waals surface area contributed by atoms with E-state index in [0.717, 1.165) is 75.4 Å². The highest BCUT2D eigenvalue weighted by molar-refractivity contribution is 9.10. The van der Waals surface area contributed by atoms with Crippen LogP contribution in [0.25, 0.3) is 11.1 Å². The van der Waals surface area contributed by atoms with Crippen LogP contribution in [-0.2, 0) is 36.1 Å². The molecule has 3 atom stereocenters. The molecule has 0 amide bonds. The van der Waals surface area contributed by atoms with Crippen molar-refractivity contribution in [2.24, 2.45) is 0 Å². The van der Waals surface area contributed by atoms with Gasteiger partial charge in [0, 0.05) is 54.3 Å². The normalized spacial score (nSPS) is 15.2. The highest BCUT2D eigenvalue weighted by Gasteiger charge is 2.58. The number of rotatable bonds is 15. The molecule has 5 aromatic heterocycles. The second kappa shape index (κ2) is 22.6. The van der Waals surface area contributed by atoms with Crippen LogP contribution in [0.2, 0.25) is 0 Å². The predicted molar refractivity (Wildman–Crippen MR) is 257 cm³/mol. The maximum atomic E-state index is 16.1. The Kier molecular flexibility index (Phi) is 16.7. The Balaban J connectivity index is 0.000000265. The molecule has 26 heteroatoms. The molecule has 3 unspecified atom stereocenters. The van der Waals surface area contributed by atoms with E-state index in [2.05, 4.69) is 71.7 Å². The van der Waals surface area contributed by atoms with E-state index in [1.54, 1.807) is 6.07 Å². The SMILES string of the molecule is C.OC(CC(F)(F)F)c1ccc(N2CCN(c3ccc(-c4ccc(C(F)(F)C(O)(Cn5cnnn5)c5cccc(F)c5)nc4)cc3)CC2)cn1.OC(Cn1cnnn1)(c1cccc(F)c1)C(F)(F)c1ccc(Br)cn1. The number of pyridine rings is 3. The first-order chi connectivity index (χ1) is 35.1. The van der Waals surface area contributed by atoms with Gasteiger partial charge in [-0.05, 0) is 120 Å². The summed E-state index contributed by atoms with van der Waals surface area (Å²) in [5.74, 6) is -9.39. The average molecular weight is 1110 g/mol. The molecule has 3 aromatic carbocycles. The van der Waals surface area contributed by atoms with Crippen molar-refractivity contribution in [3.63, 3.8) is 0 Å². The number of tetrazole rings is 2. The summed E-state index contributed by atoms with van der Waals surface area (Å²) in [4.78, 5) is 15.9. The molecule has 3 N–H and O–H groups in total. The van der Waals surface area contributed by atoms with Crippen molar-refractivity contribution in [1.29, 1.82) is 0 Å². The van der Waals surface area contributed by atoms with E-state index in [4.69, 9.17) is 0 Å². The maximum absolute atomic E-state index is 16.1. The lowest BCUT2D eigenvalue weighted by molar-refractivity contribution is -0.206. The molecular formula is C49H45BrF9N13O3. The Morgan fingerprint density at radius 2 is 1.04 bits per heavy atom. The molecule has 0 bridgehead atoms. The second-order valence-electron chi connectivity index (χ2n) is 17.0. The largest absolute Gasteiger partial charge is 0.391 e. The molecule has 6 heterocycles. The van der Waals surface area contributed by atoms with Crippen LogP contribution in [0.15, 0.2) is 145 Å². The number of aromatic nitrogens is 11. The van der Waals surface area contributed by atoms with Crippen molar-refractivity contribution >= 4 is 27.3 Å². The van der Waals surface area contributed by atoms with Crippen LogP contribution in [0.3, 0.4) is 0 Å². The number of benzene rings is 3. The number of hydrogen-bond donors (Lipinski definition) is 3. The first kappa shape index (κ1) is 55.3. The first-order valence-electron chi connectivity index (χ1n) is 22.2. The Labute approximate surface area is 430 Å². The Morgan fingerprint density at radius 1 is 0.560 bits per heavy atom. The molecule has 1 aliphatic heterocycles. The fourth-order valence-corrected chi connectivity index (χ4v) is 8.37. The molecule has 1 saturated heterocycles. The molecule has 16 nitrogen and oxygen atoms in total. The quantitative estimate of drug-likeness (QED) is 0.0827. The van der Waals surface area contributed by atoms with Crippen molar-refractivity contribution in [3.8, 4) is 11.1 Å². The van der Waals surface area contributed by atoms with Crippen LogP contribution in [-0.4, -0.2) is 103 Å². The third-order valence-electron chi connectivity index (χ3n) is 12.1. The summed E-state index contributed by atoms with van der Waals surface area (Å²) in [6.07, 6.45) is -1.50. The number of aliphatic hydroxyl groups excluding tert-OH is 1. The third-order valence-corrected chi connectivity index (χ3v) is 12.6. The van der Waals surface area contributed by atoms with Crippen LogP contribution < -0.4 is 9.80 Å². The van der Waals surface area contributed by atoms with Gasteiger partial charge in [0.25, 0.3) is 0 Å². The van der Waals surface area contributed by atoms with E-state index in [0.29, 0.717) is 36.2 Å². The Morgan fingerprint density at radius 3 is 1.45 bits per heavy atom. The lowest BCUT2D eigenvalue weighted by atomic mass is 9.85. The number of piperazine rings is 1. The number of halogens is 10. The van der Waals surface area contributed by atoms with Gasteiger partial charge in [0.05, 0.1) is 37.1 Å². The summed E-state index contributed by atoms with van der Waals surface area (Å²) < 4.78 is 130. The van der Waals surface area contributed by atoms with E-state index in [1.807, 2.05) is 24.3 Å². The maximum Gasteiger partial charge on any atom is 0.391 e. The zero-order valence-electron chi connectivity index (χ0n) is 38.2. The van der Waals surface area contributed by atoms with Gasteiger partial charge in [0.2, 0.25) is 0 Å². The van der Waals surface area contributed by atoms with Crippen molar-refractivity contribution < 1.29 is 54.8 Å². The van der Waals surface area contributed by atoms with E-state index in [9.17, 15) is 37.3 Å². The standard InChI is InChI=1S/C33H30F6N8O2.C15H11BrF3N5O.CH4/c34-25-3-1-2-24(16-25)31(49,20-47-21-42-43-44-47)33(38,39)30-11-6-23(18-41-30)22-4-7-26(8-5-22)45-12-14-46(15-13-45)27-9-10-28(40-19-27)29(48)17-32(35,36)37;16-11-4-5-13(20-7-11)15(18,19)14(25,8-24-9-21-22-23-24)10-2-1-3-12(17)6-10;/h1-11,16,18-19,21,29,48-49H,12-15,17,20H2;1-7,9,25H,8H2;1H4. The number of nitrogens with zero attached hydrogens (tertiary/aromatic N) is 13. The Hall–Kier alpha value is -7.42. The van der Waals surface area contributed by atoms with Crippen LogP contribution in [0.5, 0.6) is 0 Å². The van der Waals surface area contributed by atoms with Gasteiger partial charge in [0.15, 0.2) is 11.2 Å². The molecule has 0 radical (unpaired) electrons. The highest BCUT2D eigenvalue weighted by Crippen LogP contribution is 2.47. The van der Waals surface area contributed by atoms with Gasteiger partial charge < -0.3 is 25.1 Å². The van der Waals surface area contributed by atoms with Gasteiger partial charge in [-0.1, -0.05) is 49.9 Å². The monoisotopic (exact) mass is 1110 g/mol. The van der Waals surface area contributed by atoms with Gasteiger partial charge in [-0.3, -0.25) is 15.0 Å². The summed E-state index contributed by atoms with van der Waals surface area (Å²) in [5.41, 5.74) is -4.94. The topological polar surface area (TPSA) is 193 Å². The molecule has 0 aliphatic carbocycles. The predicted octanol–water partition coefficient (Wildman–Crippen LogP) is 8.55. The molecule has 1 aliphatic rings. The van der Waals surface area contributed by atoms with Crippen molar-refractivity contribution in [2.45, 2.75) is 62.3 Å². The van der Waals surface area contributed by atoms with E-state index in [1.165, 1.54) is 61.1 Å². The molecule has 0 spiro atoms. The molecule has 9 rings (SSSR count). The van der Waals surface area contributed by atoms with Crippen molar-refractivity contribution in [2.75, 3.05) is 36.0 Å². The van der Waals surface area contributed by atoms with Crippen LogP contribution in [0.1, 0.15) is 48.2 Å². The number of hydrogen-bond acceptors (Lipinski definition) is 14. The summed E-state index contributed by atoms with van der Waals surface area (Å²) >= 11 is 3.12. The minimum absolute atomic E-state index is 0. The average Bonchev–Trinajstić information content (AvgIpc) is 4.11. The zero-order valence-corrected chi connectivity index (χ0v) is 39.8. The van der Waals surface area contributed by atoms with Gasteiger partial charge in [-0.2, -0.15) is 30.7 Å². The first-order valence-corrected chi connectivity index (χ1v) is 23.0. The van der Waals surface area contributed by atoms with Crippen molar-refractivity contribution in [1.82, 2.24) is 55.4 Å². The molecule has 1 fully saturated rings. The summed E-state index contributed by atoms with van der Waals surface area (Å²) in [7, 11) is 0. The lowest BCUT2D eigenvalue weighted by Gasteiger charge is -2.37. The minimum Gasteiger partial charge on any atom is -0.386 e.